The number of H-pyrrole nitrogens is 1. The minimum absolute atomic E-state index is 0.320. The molecule has 1 aromatic heterocycles. The molecular formula is C20H19ClN4O2. The van der Waals surface area contributed by atoms with E-state index in [1.807, 2.05) is 36.4 Å². The minimum Gasteiger partial charge on any atom is -0.494 e. The van der Waals surface area contributed by atoms with Crippen LogP contribution in [0.3, 0.4) is 0 Å². The van der Waals surface area contributed by atoms with Crippen LogP contribution in [0.15, 0.2) is 59.7 Å². The number of carbonyl (C=O) groups is 1. The van der Waals surface area contributed by atoms with Crippen LogP contribution in [0.25, 0.3) is 11.3 Å². The first-order chi connectivity index (χ1) is 13.2. The maximum absolute atomic E-state index is 12.2. The van der Waals surface area contributed by atoms with E-state index in [1.165, 1.54) is 0 Å². The fourth-order valence-corrected chi connectivity index (χ4v) is 2.43. The Labute approximate surface area is 162 Å². The van der Waals surface area contributed by atoms with Crippen molar-refractivity contribution >= 4 is 23.7 Å². The Kier molecular flexibility index (Phi) is 6.22. The lowest BCUT2D eigenvalue weighted by molar-refractivity contribution is 0.0950. The number of carbonyl (C=O) groups excluding carboxylic acids is 1. The number of nitrogens with zero attached hydrogens (tertiary/aromatic N) is 2. The summed E-state index contributed by atoms with van der Waals surface area (Å²) in [5.41, 5.74) is 5.17. The molecule has 0 saturated heterocycles. The lowest BCUT2D eigenvalue weighted by atomic mass is 10.1. The van der Waals surface area contributed by atoms with E-state index in [1.54, 1.807) is 24.4 Å². The fourth-order valence-electron chi connectivity index (χ4n) is 2.30. The highest BCUT2D eigenvalue weighted by Crippen LogP contribution is 2.20. The molecule has 3 rings (SSSR count). The van der Waals surface area contributed by atoms with Gasteiger partial charge in [0.2, 0.25) is 0 Å². The lowest BCUT2D eigenvalue weighted by Gasteiger charge is -2.03. The van der Waals surface area contributed by atoms with Gasteiger partial charge >= 0.3 is 0 Å². The van der Waals surface area contributed by atoms with Crippen LogP contribution in [-0.2, 0) is 0 Å². The smallest absolute Gasteiger partial charge is 0.289 e. The first-order valence-electron chi connectivity index (χ1n) is 8.53. The van der Waals surface area contributed by atoms with Gasteiger partial charge in [0.1, 0.15) is 11.4 Å². The van der Waals surface area contributed by atoms with E-state index >= 15 is 0 Å². The molecule has 0 aliphatic carbocycles. The first kappa shape index (κ1) is 18.7. The fraction of sp³-hybridized carbons (Fsp3) is 0.150. The van der Waals surface area contributed by atoms with Gasteiger partial charge in [0.05, 0.1) is 18.5 Å². The third-order valence-electron chi connectivity index (χ3n) is 3.70. The van der Waals surface area contributed by atoms with Crippen molar-refractivity contribution < 1.29 is 9.53 Å². The number of halogens is 1. The van der Waals surface area contributed by atoms with Crippen LogP contribution in [0.4, 0.5) is 0 Å². The number of aromatic nitrogens is 2. The first-order valence-corrected chi connectivity index (χ1v) is 8.91. The number of aromatic amines is 1. The van der Waals surface area contributed by atoms with Crippen LogP contribution < -0.4 is 10.2 Å². The predicted molar refractivity (Wildman–Crippen MR) is 106 cm³/mol. The molecule has 0 saturated carbocycles. The Balaban J connectivity index is 1.57. The lowest BCUT2D eigenvalue weighted by Crippen LogP contribution is -2.17. The average Bonchev–Trinajstić information content (AvgIpc) is 3.18. The third-order valence-corrected chi connectivity index (χ3v) is 3.95. The molecule has 0 aliphatic rings. The highest BCUT2D eigenvalue weighted by molar-refractivity contribution is 6.30. The number of rotatable bonds is 7. The normalized spacial score (nSPS) is 10.9. The summed E-state index contributed by atoms with van der Waals surface area (Å²) in [7, 11) is 0. The molecule has 2 N–H and O–H groups in total. The summed E-state index contributed by atoms with van der Waals surface area (Å²) in [6, 6.07) is 16.4. The zero-order valence-corrected chi connectivity index (χ0v) is 15.5. The molecule has 2 aromatic carbocycles. The zero-order chi connectivity index (χ0) is 19.1. The maximum atomic E-state index is 12.2. The van der Waals surface area contributed by atoms with Gasteiger partial charge in [0.15, 0.2) is 0 Å². The van der Waals surface area contributed by atoms with Crippen molar-refractivity contribution in [2.45, 2.75) is 13.3 Å². The predicted octanol–water partition coefficient (Wildman–Crippen LogP) is 4.28. The Hall–Kier alpha value is -3.12. The summed E-state index contributed by atoms with van der Waals surface area (Å²) >= 11 is 5.88. The van der Waals surface area contributed by atoms with Gasteiger partial charge in [0, 0.05) is 10.6 Å². The molecule has 1 heterocycles. The van der Waals surface area contributed by atoms with Crippen molar-refractivity contribution in [3.8, 4) is 17.0 Å². The standard InChI is InChI=1S/C20H19ClN4O2/c1-2-11-27-17-9-3-14(4-10-17)13-22-25-20(26)19-12-18(23-24-19)15-5-7-16(21)8-6-15/h3-10,12-13H,2,11H2,1H3,(H,23,24)(H,25,26)/b22-13+. The average molecular weight is 383 g/mol. The summed E-state index contributed by atoms with van der Waals surface area (Å²) in [5.74, 6) is 0.437. The highest BCUT2D eigenvalue weighted by atomic mass is 35.5. The molecule has 3 aromatic rings. The number of hydrogen-bond acceptors (Lipinski definition) is 4. The van der Waals surface area contributed by atoms with Gasteiger partial charge in [-0.05, 0) is 54.4 Å². The van der Waals surface area contributed by atoms with Crippen LogP contribution in [0.5, 0.6) is 5.75 Å². The second kappa shape index (κ2) is 9.00. The molecule has 138 valence electrons. The molecule has 27 heavy (non-hydrogen) atoms. The summed E-state index contributed by atoms with van der Waals surface area (Å²) in [4.78, 5) is 12.2. The molecule has 0 aliphatic heterocycles. The summed E-state index contributed by atoms with van der Waals surface area (Å²) in [6.45, 7) is 2.74. The van der Waals surface area contributed by atoms with Crippen LogP contribution in [-0.4, -0.2) is 28.9 Å². The van der Waals surface area contributed by atoms with Gasteiger partial charge in [-0.1, -0.05) is 30.7 Å². The van der Waals surface area contributed by atoms with Crippen molar-refractivity contribution in [2.75, 3.05) is 6.61 Å². The summed E-state index contributed by atoms with van der Waals surface area (Å²) < 4.78 is 5.52. The molecule has 0 spiro atoms. The number of amides is 1. The van der Waals surface area contributed by atoms with Gasteiger partial charge in [-0.2, -0.15) is 10.2 Å². The van der Waals surface area contributed by atoms with Crippen LogP contribution >= 0.6 is 11.6 Å². The molecule has 0 atom stereocenters. The summed E-state index contributed by atoms with van der Waals surface area (Å²) in [6.07, 6.45) is 2.53. The number of hydrazone groups is 1. The van der Waals surface area contributed by atoms with Crippen molar-refractivity contribution in [3.63, 3.8) is 0 Å². The quantitative estimate of drug-likeness (QED) is 0.472. The molecular weight excluding hydrogens is 364 g/mol. The van der Waals surface area contributed by atoms with Gasteiger partial charge < -0.3 is 4.74 Å². The zero-order valence-electron chi connectivity index (χ0n) is 14.8. The van der Waals surface area contributed by atoms with E-state index in [9.17, 15) is 4.79 Å². The van der Waals surface area contributed by atoms with Gasteiger partial charge in [-0.25, -0.2) is 5.43 Å². The molecule has 6 nitrogen and oxygen atoms in total. The van der Waals surface area contributed by atoms with Crippen molar-refractivity contribution in [3.05, 3.63) is 70.9 Å². The second-order valence-electron chi connectivity index (χ2n) is 5.79. The van der Waals surface area contributed by atoms with Crippen LogP contribution in [0.1, 0.15) is 29.4 Å². The number of ether oxygens (including phenoxy) is 1. The number of nitrogens with one attached hydrogen (secondary N) is 2. The summed E-state index contributed by atoms with van der Waals surface area (Å²) in [5, 5.41) is 11.5. The van der Waals surface area contributed by atoms with E-state index in [0.717, 1.165) is 23.3 Å². The SMILES string of the molecule is CCCOc1ccc(/C=N/NC(=O)c2cc(-c3ccc(Cl)cc3)n[nH]2)cc1. The largest absolute Gasteiger partial charge is 0.494 e. The van der Waals surface area contributed by atoms with E-state index < -0.39 is 0 Å². The van der Waals surface area contributed by atoms with E-state index in [2.05, 4.69) is 27.6 Å². The van der Waals surface area contributed by atoms with Gasteiger partial charge in [-0.15, -0.1) is 0 Å². The van der Waals surface area contributed by atoms with Crippen molar-refractivity contribution in [1.29, 1.82) is 0 Å². The van der Waals surface area contributed by atoms with Crippen LogP contribution in [0, 0.1) is 0 Å². The molecule has 0 bridgehead atoms. The molecule has 1 amide bonds. The van der Waals surface area contributed by atoms with Gasteiger partial charge in [-0.3, -0.25) is 9.89 Å². The van der Waals surface area contributed by atoms with E-state index in [-0.39, 0.29) is 5.91 Å². The molecule has 7 heteroatoms. The van der Waals surface area contributed by atoms with Gasteiger partial charge in [0.25, 0.3) is 5.91 Å². The monoisotopic (exact) mass is 382 g/mol. The van der Waals surface area contributed by atoms with Crippen molar-refractivity contribution in [2.24, 2.45) is 5.10 Å². The Morgan fingerprint density at radius 3 is 2.67 bits per heavy atom. The van der Waals surface area contributed by atoms with E-state index in [4.69, 9.17) is 16.3 Å². The van der Waals surface area contributed by atoms with Crippen LogP contribution in [0.2, 0.25) is 5.02 Å². The second-order valence-corrected chi connectivity index (χ2v) is 6.23. The molecule has 0 fully saturated rings. The highest BCUT2D eigenvalue weighted by Gasteiger charge is 2.10. The Morgan fingerprint density at radius 1 is 1.22 bits per heavy atom. The minimum atomic E-state index is -0.373. The van der Waals surface area contributed by atoms with Crippen molar-refractivity contribution in [1.82, 2.24) is 15.6 Å². The third kappa shape index (κ3) is 5.18. The topological polar surface area (TPSA) is 79.4 Å². The Morgan fingerprint density at radius 2 is 1.96 bits per heavy atom. The molecule has 0 radical (unpaired) electrons. The number of benzene rings is 2. The Bertz CT molecular complexity index is 918. The van der Waals surface area contributed by atoms with E-state index in [0.29, 0.717) is 23.0 Å². The number of hydrogen-bond donors (Lipinski definition) is 2. The molecule has 0 unspecified atom stereocenters. The maximum Gasteiger partial charge on any atom is 0.289 e.